The molecule has 0 N–H and O–H groups in total. The molecule has 1 aromatic heterocycles. The van der Waals surface area contributed by atoms with Crippen molar-refractivity contribution in [2.75, 3.05) is 13.1 Å². The zero-order valence-corrected chi connectivity index (χ0v) is 17.5. The number of carbonyl (C=O) groups is 2. The first-order chi connectivity index (χ1) is 14.1. The molecule has 2 aromatic rings. The van der Waals surface area contributed by atoms with Crippen molar-refractivity contribution in [2.45, 2.75) is 43.9 Å². The number of piperidine rings is 1. The fourth-order valence-electron chi connectivity index (χ4n) is 4.88. The van der Waals surface area contributed by atoms with Gasteiger partial charge in [-0.25, -0.2) is 4.79 Å². The third-order valence-electron chi connectivity index (χ3n) is 6.24. The highest BCUT2D eigenvalue weighted by Gasteiger charge is 2.50. The van der Waals surface area contributed by atoms with E-state index in [-0.39, 0.29) is 30.2 Å². The van der Waals surface area contributed by atoms with Crippen molar-refractivity contribution in [3.8, 4) is 0 Å². The van der Waals surface area contributed by atoms with E-state index in [4.69, 9.17) is 4.74 Å². The van der Waals surface area contributed by atoms with Crippen molar-refractivity contribution >= 4 is 27.9 Å². The fourth-order valence-corrected chi connectivity index (χ4v) is 5.30. The van der Waals surface area contributed by atoms with E-state index >= 15 is 0 Å². The Labute approximate surface area is 178 Å². The third-order valence-corrected chi connectivity index (χ3v) is 6.67. The number of benzene rings is 1. The maximum absolute atomic E-state index is 12.7. The summed E-state index contributed by atoms with van der Waals surface area (Å²) in [4.78, 5) is 33.3. The van der Waals surface area contributed by atoms with E-state index in [1.807, 2.05) is 28.0 Å². The molecule has 29 heavy (non-hydrogen) atoms. The molecular formula is C22H22BrN3O3. The van der Waals surface area contributed by atoms with Crippen LogP contribution >= 0.6 is 15.9 Å². The molecule has 0 saturated carbocycles. The first kappa shape index (κ1) is 18.6. The molecule has 0 unspecified atom stereocenters. The molecule has 3 aliphatic rings. The molecule has 2 fully saturated rings. The minimum Gasteiger partial charge on any atom is -0.443 e. The number of ether oxygens (including phenoxy) is 1. The zero-order valence-electron chi connectivity index (χ0n) is 16.0. The SMILES string of the molecule is O=C(Cc1cncc(Br)c1)N1CCC(N2C(=O)O[C@H]3Cc4ccccc4[C@H]32)CC1. The van der Waals surface area contributed by atoms with Gasteiger partial charge in [0, 0.05) is 42.4 Å². The van der Waals surface area contributed by atoms with Crippen LogP contribution in [0.25, 0.3) is 0 Å². The first-order valence-electron chi connectivity index (χ1n) is 10.0. The van der Waals surface area contributed by atoms with Gasteiger partial charge in [-0.05, 0) is 51.5 Å². The third kappa shape index (κ3) is 3.41. The molecule has 2 aliphatic heterocycles. The molecular weight excluding hydrogens is 434 g/mol. The Morgan fingerprint density at radius 3 is 2.79 bits per heavy atom. The van der Waals surface area contributed by atoms with Gasteiger partial charge in [0.2, 0.25) is 5.91 Å². The second-order valence-electron chi connectivity index (χ2n) is 7.98. The van der Waals surface area contributed by atoms with Gasteiger partial charge in [-0.3, -0.25) is 14.7 Å². The minimum absolute atomic E-state index is 0.0127. The largest absolute Gasteiger partial charge is 0.443 e. The number of nitrogens with zero attached hydrogens (tertiary/aromatic N) is 3. The van der Waals surface area contributed by atoms with Gasteiger partial charge >= 0.3 is 6.09 Å². The Morgan fingerprint density at radius 2 is 2.00 bits per heavy atom. The van der Waals surface area contributed by atoms with Crippen molar-refractivity contribution in [3.63, 3.8) is 0 Å². The van der Waals surface area contributed by atoms with Crippen LogP contribution in [0.15, 0.2) is 47.2 Å². The molecule has 5 rings (SSSR count). The van der Waals surface area contributed by atoms with Crippen LogP contribution in [-0.4, -0.2) is 52.0 Å². The summed E-state index contributed by atoms with van der Waals surface area (Å²) >= 11 is 3.40. The number of fused-ring (bicyclic) bond motifs is 3. The summed E-state index contributed by atoms with van der Waals surface area (Å²) in [6.07, 6.45) is 5.85. The number of aromatic nitrogens is 1. The second kappa shape index (κ2) is 7.44. The Kier molecular flexibility index (Phi) is 4.78. The number of hydrogen-bond donors (Lipinski definition) is 0. The van der Waals surface area contributed by atoms with Crippen molar-refractivity contribution in [3.05, 3.63) is 63.9 Å². The molecule has 2 amide bonds. The molecule has 6 nitrogen and oxygen atoms in total. The van der Waals surface area contributed by atoms with Gasteiger partial charge in [-0.1, -0.05) is 24.3 Å². The van der Waals surface area contributed by atoms with Gasteiger partial charge in [0.25, 0.3) is 0 Å². The van der Waals surface area contributed by atoms with E-state index in [0.29, 0.717) is 19.5 Å². The molecule has 2 atom stereocenters. The van der Waals surface area contributed by atoms with Crippen molar-refractivity contribution in [2.24, 2.45) is 0 Å². The highest BCUT2D eigenvalue weighted by Crippen LogP contribution is 2.44. The normalized spacial score (nSPS) is 23.7. The average Bonchev–Trinajstić information content (AvgIpc) is 3.22. The summed E-state index contributed by atoms with van der Waals surface area (Å²) < 4.78 is 6.57. The molecule has 2 saturated heterocycles. The van der Waals surface area contributed by atoms with Gasteiger partial charge < -0.3 is 9.64 Å². The zero-order chi connectivity index (χ0) is 20.0. The molecule has 7 heteroatoms. The van der Waals surface area contributed by atoms with Crippen LogP contribution in [0.3, 0.4) is 0 Å². The van der Waals surface area contributed by atoms with Crippen LogP contribution < -0.4 is 0 Å². The van der Waals surface area contributed by atoms with Gasteiger partial charge in [0.05, 0.1) is 12.5 Å². The molecule has 0 radical (unpaired) electrons. The second-order valence-corrected chi connectivity index (χ2v) is 8.89. The number of hydrogen-bond acceptors (Lipinski definition) is 4. The van der Waals surface area contributed by atoms with Gasteiger partial charge in [0.1, 0.15) is 6.10 Å². The van der Waals surface area contributed by atoms with Crippen LogP contribution in [0.4, 0.5) is 4.79 Å². The maximum Gasteiger partial charge on any atom is 0.411 e. The summed E-state index contributed by atoms with van der Waals surface area (Å²) in [5, 5.41) is 0. The summed E-state index contributed by atoms with van der Waals surface area (Å²) in [7, 11) is 0. The number of rotatable bonds is 3. The number of pyridine rings is 1. The summed E-state index contributed by atoms with van der Waals surface area (Å²) in [5.74, 6) is 0.108. The highest BCUT2D eigenvalue weighted by atomic mass is 79.9. The van der Waals surface area contributed by atoms with E-state index in [1.54, 1.807) is 12.4 Å². The van der Waals surface area contributed by atoms with Crippen molar-refractivity contribution in [1.29, 1.82) is 0 Å². The Morgan fingerprint density at radius 1 is 1.21 bits per heavy atom. The summed E-state index contributed by atoms with van der Waals surface area (Å²) in [6, 6.07) is 10.4. The predicted octanol–water partition coefficient (Wildman–Crippen LogP) is 3.50. The lowest BCUT2D eigenvalue weighted by Gasteiger charge is -2.38. The standard InChI is InChI=1S/C22H22BrN3O3/c23-16-9-14(12-24-13-16)10-20(27)25-7-5-17(6-8-25)26-21-18-4-2-1-3-15(18)11-19(21)29-22(26)28/h1-4,9,12-13,17,19,21H,5-8,10-11H2/t19-,21+/m0/s1. The van der Waals surface area contributed by atoms with E-state index < -0.39 is 0 Å². The lowest BCUT2D eigenvalue weighted by molar-refractivity contribution is -0.131. The molecule has 0 bridgehead atoms. The van der Waals surface area contributed by atoms with Crippen molar-refractivity contribution in [1.82, 2.24) is 14.8 Å². The molecule has 1 aromatic carbocycles. The van der Waals surface area contributed by atoms with Crippen LogP contribution in [-0.2, 0) is 22.4 Å². The summed E-state index contributed by atoms with van der Waals surface area (Å²) in [5.41, 5.74) is 3.39. The Bertz CT molecular complexity index is 958. The molecule has 150 valence electrons. The quantitative estimate of drug-likeness (QED) is 0.710. The van der Waals surface area contributed by atoms with Gasteiger partial charge in [-0.2, -0.15) is 0 Å². The van der Waals surface area contributed by atoms with Crippen LogP contribution in [0.2, 0.25) is 0 Å². The lowest BCUT2D eigenvalue weighted by atomic mass is 9.98. The number of likely N-dealkylation sites (tertiary alicyclic amines) is 1. The van der Waals surface area contributed by atoms with E-state index in [2.05, 4.69) is 33.0 Å². The van der Waals surface area contributed by atoms with E-state index in [0.717, 1.165) is 29.3 Å². The van der Waals surface area contributed by atoms with E-state index in [9.17, 15) is 9.59 Å². The van der Waals surface area contributed by atoms with Gasteiger partial charge in [-0.15, -0.1) is 0 Å². The van der Waals surface area contributed by atoms with Crippen LogP contribution in [0.5, 0.6) is 0 Å². The van der Waals surface area contributed by atoms with Gasteiger partial charge in [0.15, 0.2) is 0 Å². The lowest BCUT2D eigenvalue weighted by Crippen LogP contribution is -2.48. The topological polar surface area (TPSA) is 62.7 Å². The highest BCUT2D eigenvalue weighted by molar-refractivity contribution is 9.10. The van der Waals surface area contributed by atoms with Crippen LogP contribution in [0.1, 0.15) is 35.6 Å². The molecule has 1 aliphatic carbocycles. The number of carbonyl (C=O) groups excluding carboxylic acids is 2. The number of amides is 2. The predicted molar refractivity (Wildman–Crippen MR) is 110 cm³/mol. The number of halogens is 1. The first-order valence-corrected chi connectivity index (χ1v) is 10.8. The smallest absolute Gasteiger partial charge is 0.411 e. The van der Waals surface area contributed by atoms with E-state index in [1.165, 1.54) is 11.1 Å². The molecule has 0 spiro atoms. The Hall–Kier alpha value is -2.41. The summed E-state index contributed by atoms with van der Waals surface area (Å²) in [6.45, 7) is 1.32. The Balaban J connectivity index is 1.25. The monoisotopic (exact) mass is 455 g/mol. The fraction of sp³-hybridized carbons (Fsp3) is 0.409. The minimum atomic E-state index is -0.209. The average molecular weight is 456 g/mol. The maximum atomic E-state index is 12.7. The van der Waals surface area contributed by atoms with Crippen LogP contribution in [0, 0.1) is 0 Å². The molecule has 3 heterocycles. The van der Waals surface area contributed by atoms with Crippen molar-refractivity contribution < 1.29 is 14.3 Å².